The van der Waals surface area contributed by atoms with Crippen LogP contribution in [0.2, 0.25) is 0 Å². The van der Waals surface area contributed by atoms with E-state index in [4.69, 9.17) is 0 Å². The number of hydrogen-bond donors (Lipinski definition) is 0. The van der Waals surface area contributed by atoms with Crippen molar-refractivity contribution in [3.05, 3.63) is 29.3 Å². The SMILES string of the molecule is CCc1cccc(C)c1N1CCN(C(=O)C2CC2)CC1. The predicted molar refractivity (Wildman–Crippen MR) is 82.1 cm³/mol. The lowest BCUT2D eigenvalue weighted by molar-refractivity contribution is -0.132. The second kappa shape index (κ2) is 5.47. The molecule has 20 heavy (non-hydrogen) atoms. The minimum Gasteiger partial charge on any atom is -0.368 e. The van der Waals surface area contributed by atoms with Crippen LogP contribution in [0.25, 0.3) is 0 Å². The zero-order chi connectivity index (χ0) is 14.1. The van der Waals surface area contributed by atoms with Crippen LogP contribution in [0, 0.1) is 12.8 Å². The first-order valence-electron chi connectivity index (χ1n) is 7.83. The van der Waals surface area contributed by atoms with E-state index in [0.29, 0.717) is 11.8 Å². The van der Waals surface area contributed by atoms with Gasteiger partial charge < -0.3 is 9.80 Å². The molecule has 1 aliphatic carbocycles. The third-order valence-electron chi connectivity index (χ3n) is 4.54. The summed E-state index contributed by atoms with van der Waals surface area (Å²) in [6, 6.07) is 6.56. The number of aryl methyl sites for hydroxylation is 2. The summed E-state index contributed by atoms with van der Waals surface area (Å²) in [5, 5.41) is 0. The summed E-state index contributed by atoms with van der Waals surface area (Å²) in [5.41, 5.74) is 4.17. The molecule has 3 heteroatoms. The van der Waals surface area contributed by atoms with Crippen molar-refractivity contribution in [2.24, 2.45) is 5.92 Å². The van der Waals surface area contributed by atoms with Crippen molar-refractivity contribution in [1.29, 1.82) is 0 Å². The second-order valence-corrected chi connectivity index (χ2v) is 6.02. The lowest BCUT2D eigenvalue weighted by Gasteiger charge is -2.38. The number of para-hydroxylation sites is 1. The molecular weight excluding hydrogens is 248 g/mol. The van der Waals surface area contributed by atoms with Crippen molar-refractivity contribution in [2.75, 3.05) is 31.1 Å². The molecule has 0 radical (unpaired) electrons. The molecule has 1 aliphatic heterocycles. The van der Waals surface area contributed by atoms with E-state index in [-0.39, 0.29) is 0 Å². The maximum absolute atomic E-state index is 12.1. The number of piperazine rings is 1. The van der Waals surface area contributed by atoms with Gasteiger partial charge in [-0.15, -0.1) is 0 Å². The molecule has 2 fully saturated rings. The molecule has 0 unspecified atom stereocenters. The highest BCUT2D eigenvalue weighted by molar-refractivity contribution is 5.81. The van der Waals surface area contributed by atoms with Gasteiger partial charge in [-0.2, -0.15) is 0 Å². The molecule has 0 aromatic heterocycles. The van der Waals surface area contributed by atoms with Crippen molar-refractivity contribution >= 4 is 11.6 Å². The molecule has 108 valence electrons. The van der Waals surface area contributed by atoms with Gasteiger partial charge in [0.15, 0.2) is 0 Å². The number of amides is 1. The third kappa shape index (κ3) is 2.54. The first-order chi connectivity index (χ1) is 9.70. The first kappa shape index (κ1) is 13.5. The number of nitrogens with zero attached hydrogens (tertiary/aromatic N) is 2. The van der Waals surface area contributed by atoms with Gasteiger partial charge in [0.2, 0.25) is 5.91 Å². The number of anilines is 1. The lowest BCUT2D eigenvalue weighted by atomic mass is 10.0. The normalized spacial score (nSPS) is 19.3. The van der Waals surface area contributed by atoms with Crippen LogP contribution in [0.15, 0.2) is 18.2 Å². The number of rotatable bonds is 3. The van der Waals surface area contributed by atoms with E-state index in [2.05, 4.69) is 41.8 Å². The zero-order valence-corrected chi connectivity index (χ0v) is 12.6. The molecule has 1 saturated heterocycles. The molecule has 1 aromatic rings. The fourth-order valence-corrected chi connectivity index (χ4v) is 3.20. The fraction of sp³-hybridized carbons (Fsp3) is 0.588. The second-order valence-electron chi connectivity index (χ2n) is 6.02. The molecule has 1 heterocycles. The van der Waals surface area contributed by atoms with Crippen LogP contribution < -0.4 is 4.90 Å². The maximum Gasteiger partial charge on any atom is 0.225 e. The largest absolute Gasteiger partial charge is 0.368 e. The summed E-state index contributed by atoms with van der Waals surface area (Å²) in [6.07, 6.45) is 3.28. The Morgan fingerprint density at radius 1 is 1.20 bits per heavy atom. The number of hydrogen-bond acceptors (Lipinski definition) is 2. The van der Waals surface area contributed by atoms with Gasteiger partial charge in [0.1, 0.15) is 0 Å². The Morgan fingerprint density at radius 2 is 1.90 bits per heavy atom. The molecule has 0 spiro atoms. The summed E-state index contributed by atoms with van der Waals surface area (Å²) >= 11 is 0. The molecule has 2 aliphatic rings. The summed E-state index contributed by atoms with van der Waals surface area (Å²) < 4.78 is 0. The van der Waals surface area contributed by atoms with E-state index >= 15 is 0 Å². The van der Waals surface area contributed by atoms with Crippen LogP contribution in [0.4, 0.5) is 5.69 Å². The maximum atomic E-state index is 12.1. The van der Waals surface area contributed by atoms with Gasteiger partial charge in [0, 0.05) is 37.8 Å². The quantitative estimate of drug-likeness (QED) is 0.844. The molecule has 0 bridgehead atoms. The van der Waals surface area contributed by atoms with Crippen molar-refractivity contribution in [3.63, 3.8) is 0 Å². The van der Waals surface area contributed by atoms with E-state index < -0.39 is 0 Å². The van der Waals surface area contributed by atoms with E-state index in [0.717, 1.165) is 45.4 Å². The van der Waals surface area contributed by atoms with Crippen LogP contribution in [-0.2, 0) is 11.2 Å². The van der Waals surface area contributed by atoms with Gasteiger partial charge in [-0.1, -0.05) is 25.1 Å². The molecule has 1 amide bonds. The Bertz CT molecular complexity index is 500. The summed E-state index contributed by atoms with van der Waals surface area (Å²) in [5.74, 6) is 0.747. The van der Waals surface area contributed by atoms with Crippen LogP contribution >= 0.6 is 0 Å². The van der Waals surface area contributed by atoms with E-state index in [1.54, 1.807) is 0 Å². The molecule has 0 atom stereocenters. The summed E-state index contributed by atoms with van der Waals surface area (Å²) in [6.45, 7) is 8.10. The minimum absolute atomic E-state index is 0.353. The standard InChI is InChI=1S/C17H24N2O/c1-3-14-6-4-5-13(2)16(14)18-9-11-19(12-10-18)17(20)15-7-8-15/h4-6,15H,3,7-12H2,1-2H3. The average Bonchev–Trinajstić information content (AvgIpc) is 3.31. The first-order valence-corrected chi connectivity index (χ1v) is 7.83. The fourth-order valence-electron chi connectivity index (χ4n) is 3.20. The van der Waals surface area contributed by atoms with Gasteiger partial charge in [-0.05, 0) is 37.3 Å². The lowest BCUT2D eigenvalue weighted by Crippen LogP contribution is -2.49. The number of benzene rings is 1. The Balaban J connectivity index is 1.70. The highest BCUT2D eigenvalue weighted by atomic mass is 16.2. The van der Waals surface area contributed by atoms with Crippen LogP contribution in [0.5, 0.6) is 0 Å². The smallest absolute Gasteiger partial charge is 0.225 e. The highest BCUT2D eigenvalue weighted by Gasteiger charge is 2.34. The predicted octanol–water partition coefficient (Wildman–Crippen LogP) is 2.62. The molecular formula is C17H24N2O. The molecule has 0 N–H and O–H groups in total. The minimum atomic E-state index is 0.353. The van der Waals surface area contributed by atoms with Gasteiger partial charge in [0.25, 0.3) is 0 Å². The highest BCUT2D eigenvalue weighted by Crippen LogP contribution is 2.32. The summed E-state index contributed by atoms with van der Waals surface area (Å²) in [4.78, 5) is 16.6. The molecule has 3 nitrogen and oxygen atoms in total. The van der Waals surface area contributed by atoms with Gasteiger partial charge in [-0.25, -0.2) is 0 Å². The monoisotopic (exact) mass is 272 g/mol. The number of carbonyl (C=O) groups is 1. The molecule has 1 aromatic carbocycles. The van der Waals surface area contributed by atoms with E-state index in [1.165, 1.54) is 16.8 Å². The number of carbonyl (C=O) groups excluding carboxylic acids is 1. The van der Waals surface area contributed by atoms with Crippen LogP contribution in [0.3, 0.4) is 0 Å². The molecule has 3 rings (SSSR count). The Hall–Kier alpha value is -1.51. The van der Waals surface area contributed by atoms with Crippen LogP contribution in [0.1, 0.15) is 30.9 Å². The van der Waals surface area contributed by atoms with Crippen molar-refractivity contribution < 1.29 is 4.79 Å². The van der Waals surface area contributed by atoms with E-state index in [9.17, 15) is 4.79 Å². The van der Waals surface area contributed by atoms with Crippen molar-refractivity contribution in [3.8, 4) is 0 Å². The third-order valence-corrected chi connectivity index (χ3v) is 4.54. The van der Waals surface area contributed by atoms with Crippen molar-refractivity contribution in [2.45, 2.75) is 33.1 Å². The summed E-state index contributed by atoms with van der Waals surface area (Å²) in [7, 11) is 0. The van der Waals surface area contributed by atoms with Gasteiger partial charge in [0.05, 0.1) is 0 Å². The topological polar surface area (TPSA) is 23.6 Å². The van der Waals surface area contributed by atoms with E-state index in [1.807, 2.05) is 0 Å². The van der Waals surface area contributed by atoms with Gasteiger partial charge >= 0.3 is 0 Å². The zero-order valence-electron chi connectivity index (χ0n) is 12.6. The Kier molecular flexibility index (Phi) is 3.68. The van der Waals surface area contributed by atoms with Crippen molar-refractivity contribution in [1.82, 2.24) is 4.90 Å². The van der Waals surface area contributed by atoms with Crippen LogP contribution in [-0.4, -0.2) is 37.0 Å². The van der Waals surface area contributed by atoms with Gasteiger partial charge in [-0.3, -0.25) is 4.79 Å². The molecule has 1 saturated carbocycles. The Morgan fingerprint density at radius 3 is 2.50 bits per heavy atom. The average molecular weight is 272 g/mol. The Labute approximate surface area is 121 Å².